The molecular formula is C15H11ClO2. The van der Waals surface area contributed by atoms with Gasteiger partial charge in [-0.05, 0) is 29.8 Å². The van der Waals surface area contributed by atoms with Crippen LogP contribution < -0.4 is 0 Å². The molecular weight excluding hydrogens is 248 g/mol. The number of benzene rings is 2. The third-order valence-corrected chi connectivity index (χ3v) is 3.26. The third-order valence-electron chi connectivity index (χ3n) is 3.01. The fourth-order valence-corrected chi connectivity index (χ4v) is 2.11. The Morgan fingerprint density at radius 2 is 1.67 bits per heavy atom. The van der Waals surface area contributed by atoms with Gasteiger partial charge < -0.3 is 4.74 Å². The summed E-state index contributed by atoms with van der Waals surface area (Å²) in [6.45, 7) is 0. The van der Waals surface area contributed by atoms with Crippen LogP contribution in [0.3, 0.4) is 0 Å². The van der Waals surface area contributed by atoms with E-state index in [1.165, 1.54) is 0 Å². The molecule has 3 heteroatoms. The van der Waals surface area contributed by atoms with Gasteiger partial charge in [-0.15, -0.1) is 0 Å². The van der Waals surface area contributed by atoms with Crippen LogP contribution in [0.2, 0.25) is 5.02 Å². The molecule has 0 aliphatic carbocycles. The molecule has 1 heterocycles. The van der Waals surface area contributed by atoms with E-state index < -0.39 is 0 Å². The van der Waals surface area contributed by atoms with Crippen molar-refractivity contribution in [3.05, 3.63) is 70.7 Å². The summed E-state index contributed by atoms with van der Waals surface area (Å²) in [5.41, 5.74) is 1.69. The van der Waals surface area contributed by atoms with Gasteiger partial charge in [-0.2, -0.15) is 0 Å². The summed E-state index contributed by atoms with van der Waals surface area (Å²) < 4.78 is 5.47. The van der Waals surface area contributed by atoms with Crippen LogP contribution in [0.1, 0.15) is 22.0 Å². The zero-order chi connectivity index (χ0) is 12.5. The first-order valence-corrected chi connectivity index (χ1v) is 6.14. The predicted molar refractivity (Wildman–Crippen MR) is 69.8 cm³/mol. The van der Waals surface area contributed by atoms with Gasteiger partial charge in [0.05, 0.1) is 0 Å². The summed E-state index contributed by atoms with van der Waals surface area (Å²) in [5, 5.41) is 0.628. The highest BCUT2D eigenvalue weighted by Gasteiger charge is 2.45. The quantitative estimate of drug-likeness (QED) is 0.621. The van der Waals surface area contributed by atoms with Gasteiger partial charge >= 0.3 is 0 Å². The van der Waals surface area contributed by atoms with E-state index in [0.29, 0.717) is 10.6 Å². The Morgan fingerprint density at radius 3 is 2.33 bits per heavy atom. The normalized spacial score (nSPS) is 21.6. The fraction of sp³-hybridized carbons (Fsp3) is 0.133. The number of epoxide rings is 1. The molecule has 2 atom stereocenters. The lowest BCUT2D eigenvalue weighted by atomic mass is 10.0. The number of rotatable bonds is 3. The van der Waals surface area contributed by atoms with Crippen molar-refractivity contribution in [1.82, 2.24) is 0 Å². The first kappa shape index (κ1) is 11.5. The molecule has 0 amide bonds. The van der Waals surface area contributed by atoms with Gasteiger partial charge in [-0.1, -0.05) is 41.9 Å². The Labute approximate surface area is 110 Å². The molecule has 0 bridgehead atoms. The molecule has 1 fully saturated rings. The highest BCUT2D eigenvalue weighted by atomic mass is 35.5. The number of hydrogen-bond donors (Lipinski definition) is 0. The van der Waals surface area contributed by atoms with Crippen LogP contribution >= 0.6 is 11.6 Å². The number of hydrogen-bond acceptors (Lipinski definition) is 2. The summed E-state index contributed by atoms with van der Waals surface area (Å²) in [5.74, 6) is 0.0144. The second-order valence-electron chi connectivity index (χ2n) is 4.26. The Hall–Kier alpha value is -1.64. The first-order valence-electron chi connectivity index (χ1n) is 5.76. The molecule has 2 aromatic carbocycles. The lowest BCUT2D eigenvalue weighted by Crippen LogP contribution is -2.07. The van der Waals surface area contributed by atoms with Gasteiger partial charge in [0, 0.05) is 10.6 Å². The van der Waals surface area contributed by atoms with Gasteiger partial charge in [0.25, 0.3) is 0 Å². The second-order valence-corrected chi connectivity index (χ2v) is 4.70. The molecule has 2 nitrogen and oxygen atoms in total. The molecule has 18 heavy (non-hydrogen) atoms. The van der Waals surface area contributed by atoms with Gasteiger partial charge in [-0.3, -0.25) is 4.79 Å². The second kappa shape index (κ2) is 4.56. The van der Waals surface area contributed by atoms with E-state index in [1.807, 2.05) is 30.3 Å². The largest absolute Gasteiger partial charge is 0.356 e. The van der Waals surface area contributed by atoms with Crippen molar-refractivity contribution in [2.45, 2.75) is 12.2 Å². The Bertz CT molecular complexity index is 563. The molecule has 0 unspecified atom stereocenters. The van der Waals surface area contributed by atoms with Crippen molar-refractivity contribution in [2.24, 2.45) is 0 Å². The monoisotopic (exact) mass is 258 g/mol. The highest BCUT2D eigenvalue weighted by Crippen LogP contribution is 2.40. The zero-order valence-electron chi connectivity index (χ0n) is 9.55. The van der Waals surface area contributed by atoms with E-state index in [2.05, 4.69) is 0 Å². The SMILES string of the molecule is O=C(c1ccc(Cl)cc1)[C@@H]1O[C@H]1c1ccccc1. The first-order chi connectivity index (χ1) is 8.75. The Balaban J connectivity index is 1.75. The van der Waals surface area contributed by atoms with Gasteiger partial charge in [0.15, 0.2) is 11.9 Å². The molecule has 0 N–H and O–H groups in total. The maximum Gasteiger partial charge on any atom is 0.194 e. The van der Waals surface area contributed by atoms with Crippen molar-refractivity contribution in [2.75, 3.05) is 0 Å². The summed E-state index contributed by atoms with van der Waals surface area (Å²) in [6.07, 6.45) is -0.456. The molecule has 1 saturated heterocycles. The van der Waals surface area contributed by atoms with Crippen molar-refractivity contribution in [3.8, 4) is 0 Å². The van der Waals surface area contributed by atoms with Crippen LogP contribution in [0.4, 0.5) is 0 Å². The lowest BCUT2D eigenvalue weighted by Gasteiger charge is -1.98. The summed E-state index contributed by atoms with van der Waals surface area (Å²) >= 11 is 5.79. The van der Waals surface area contributed by atoms with Crippen molar-refractivity contribution in [3.63, 3.8) is 0 Å². The van der Waals surface area contributed by atoms with E-state index in [0.717, 1.165) is 5.56 Å². The standard InChI is InChI=1S/C15H11ClO2/c16-12-8-6-10(7-9-12)13(17)15-14(18-15)11-4-2-1-3-5-11/h1-9,14-15H/t14-,15-/m0/s1. The van der Waals surface area contributed by atoms with Crippen LogP contribution in [0.5, 0.6) is 0 Å². The maximum atomic E-state index is 12.1. The molecule has 0 spiro atoms. The number of carbonyl (C=O) groups excluding carboxylic acids is 1. The van der Waals surface area contributed by atoms with Crippen LogP contribution in [-0.2, 0) is 4.74 Å². The summed E-state index contributed by atoms with van der Waals surface area (Å²) in [7, 11) is 0. The smallest absolute Gasteiger partial charge is 0.194 e. The Morgan fingerprint density at radius 1 is 1.00 bits per heavy atom. The van der Waals surface area contributed by atoms with Gasteiger partial charge in [0.2, 0.25) is 0 Å². The minimum atomic E-state index is -0.353. The van der Waals surface area contributed by atoms with Crippen LogP contribution in [-0.4, -0.2) is 11.9 Å². The number of Topliss-reactive ketones (excluding diaryl/α,β-unsaturated/α-hetero) is 1. The molecule has 0 radical (unpaired) electrons. The van der Waals surface area contributed by atoms with Crippen molar-refractivity contribution < 1.29 is 9.53 Å². The minimum Gasteiger partial charge on any atom is -0.356 e. The number of ether oxygens (including phenoxy) is 1. The van der Waals surface area contributed by atoms with Crippen molar-refractivity contribution in [1.29, 1.82) is 0 Å². The van der Waals surface area contributed by atoms with Crippen molar-refractivity contribution >= 4 is 17.4 Å². The number of carbonyl (C=O) groups is 1. The summed E-state index contributed by atoms with van der Waals surface area (Å²) in [6, 6.07) is 16.7. The number of halogens is 1. The Kier molecular flexibility index (Phi) is 2.90. The highest BCUT2D eigenvalue weighted by molar-refractivity contribution is 6.30. The topological polar surface area (TPSA) is 29.6 Å². The molecule has 3 rings (SSSR count). The molecule has 0 aromatic heterocycles. The molecule has 1 aliphatic rings. The van der Waals surface area contributed by atoms with Crippen LogP contribution in [0, 0.1) is 0 Å². The maximum absolute atomic E-state index is 12.1. The summed E-state index contributed by atoms with van der Waals surface area (Å²) in [4.78, 5) is 12.1. The molecule has 2 aromatic rings. The average molecular weight is 259 g/mol. The molecule has 0 saturated carbocycles. The van der Waals surface area contributed by atoms with E-state index in [1.54, 1.807) is 24.3 Å². The van der Waals surface area contributed by atoms with Crippen LogP contribution in [0.25, 0.3) is 0 Å². The van der Waals surface area contributed by atoms with Gasteiger partial charge in [0.1, 0.15) is 6.10 Å². The fourth-order valence-electron chi connectivity index (χ4n) is 1.99. The third kappa shape index (κ3) is 2.17. The average Bonchev–Trinajstić information content (AvgIpc) is 3.20. The molecule has 90 valence electrons. The predicted octanol–water partition coefficient (Wildman–Crippen LogP) is 3.66. The number of ketones is 1. The lowest BCUT2D eigenvalue weighted by molar-refractivity contribution is 0.0953. The van der Waals surface area contributed by atoms with Crippen LogP contribution in [0.15, 0.2) is 54.6 Å². The van der Waals surface area contributed by atoms with E-state index >= 15 is 0 Å². The minimum absolute atomic E-state index is 0.0144. The van der Waals surface area contributed by atoms with E-state index in [9.17, 15) is 4.79 Å². The van der Waals surface area contributed by atoms with Gasteiger partial charge in [-0.25, -0.2) is 0 Å². The molecule has 1 aliphatic heterocycles. The van der Waals surface area contributed by atoms with E-state index in [4.69, 9.17) is 16.3 Å². The zero-order valence-corrected chi connectivity index (χ0v) is 10.3. The van der Waals surface area contributed by atoms with E-state index in [-0.39, 0.29) is 18.0 Å².